The van der Waals surface area contributed by atoms with Crippen LogP contribution >= 0.6 is 27.3 Å². The van der Waals surface area contributed by atoms with Crippen LogP contribution in [0.3, 0.4) is 0 Å². The molecule has 3 aromatic heterocycles. The van der Waals surface area contributed by atoms with Crippen LogP contribution in [0.15, 0.2) is 40.6 Å². The zero-order chi connectivity index (χ0) is 12.5. The Morgan fingerprint density at radius 2 is 2.00 bits per heavy atom. The number of hydrogen-bond acceptors (Lipinski definition) is 5. The molecule has 7 heteroatoms. The first kappa shape index (κ1) is 11.4. The van der Waals surface area contributed by atoms with Crippen molar-refractivity contribution >= 4 is 33.0 Å². The van der Waals surface area contributed by atoms with Gasteiger partial charge in [-0.05, 0) is 34.1 Å². The number of hydrogen-bond donors (Lipinski definition) is 1. The maximum absolute atomic E-state index is 5.97. The van der Waals surface area contributed by atoms with E-state index < -0.39 is 0 Å². The van der Waals surface area contributed by atoms with E-state index in [1.54, 1.807) is 40.7 Å². The molecule has 0 unspecified atom stereocenters. The molecule has 5 nitrogen and oxygen atoms in total. The van der Waals surface area contributed by atoms with Gasteiger partial charge in [0.2, 0.25) is 0 Å². The summed E-state index contributed by atoms with van der Waals surface area (Å²) in [5.41, 5.74) is 7.33. The Morgan fingerprint density at radius 1 is 1.22 bits per heavy atom. The Labute approximate surface area is 115 Å². The van der Waals surface area contributed by atoms with Crippen LogP contribution in [0.1, 0.15) is 0 Å². The molecule has 0 fully saturated rings. The third-order valence-corrected chi connectivity index (χ3v) is 3.94. The fourth-order valence-corrected chi connectivity index (χ4v) is 2.93. The van der Waals surface area contributed by atoms with Crippen molar-refractivity contribution in [2.45, 2.75) is 0 Å². The molecule has 18 heavy (non-hydrogen) atoms. The summed E-state index contributed by atoms with van der Waals surface area (Å²) in [5.74, 6) is 0.506. The minimum Gasteiger partial charge on any atom is -0.396 e. The Bertz CT molecular complexity index is 676. The van der Waals surface area contributed by atoms with Gasteiger partial charge in [-0.1, -0.05) is 0 Å². The third kappa shape index (κ3) is 2.02. The zero-order valence-corrected chi connectivity index (χ0v) is 11.5. The van der Waals surface area contributed by atoms with Crippen LogP contribution in [0.2, 0.25) is 0 Å². The van der Waals surface area contributed by atoms with E-state index in [1.807, 2.05) is 12.1 Å². The minimum atomic E-state index is 0.506. The molecule has 0 aromatic carbocycles. The van der Waals surface area contributed by atoms with Gasteiger partial charge in [0.15, 0.2) is 0 Å². The highest BCUT2D eigenvalue weighted by atomic mass is 79.9. The summed E-state index contributed by atoms with van der Waals surface area (Å²) in [6.45, 7) is 0. The summed E-state index contributed by atoms with van der Waals surface area (Å²) in [7, 11) is 0. The van der Waals surface area contributed by atoms with Crippen molar-refractivity contribution in [3.8, 4) is 16.5 Å². The highest BCUT2D eigenvalue weighted by Gasteiger charge is 2.12. The Kier molecular flexibility index (Phi) is 2.85. The molecule has 3 aromatic rings. The molecule has 0 aliphatic heterocycles. The lowest BCUT2D eigenvalue weighted by Gasteiger charge is -1.96. The number of nitrogens with two attached hydrogens (primary N) is 1. The predicted octanol–water partition coefficient (Wildman–Crippen LogP) is 2.74. The molecule has 0 spiro atoms. The molecular weight excluding hydrogens is 314 g/mol. The summed E-state index contributed by atoms with van der Waals surface area (Å²) < 4.78 is 2.63. The molecule has 0 aliphatic carbocycles. The van der Waals surface area contributed by atoms with Crippen LogP contribution in [0.4, 0.5) is 5.69 Å². The number of nitrogen functional groups attached to an aromatic ring is 1. The molecule has 3 rings (SSSR count). The first-order valence-corrected chi connectivity index (χ1v) is 6.73. The average Bonchev–Trinajstić information content (AvgIpc) is 2.97. The largest absolute Gasteiger partial charge is 0.396 e. The van der Waals surface area contributed by atoms with Crippen molar-refractivity contribution in [2.24, 2.45) is 0 Å². The molecule has 2 N–H and O–H groups in total. The standard InChI is InChI=1S/C11H8BrN5S/c12-9-3-2-8(18-9)10-7(13)6-17(16-10)11-14-4-1-5-15-11/h1-6H,13H2. The number of thiophene rings is 1. The average molecular weight is 322 g/mol. The number of rotatable bonds is 2. The summed E-state index contributed by atoms with van der Waals surface area (Å²) in [6, 6.07) is 5.70. The second-order valence-electron chi connectivity index (χ2n) is 3.53. The monoisotopic (exact) mass is 321 g/mol. The highest BCUT2D eigenvalue weighted by Crippen LogP contribution is 2.33. The maximum Gasteiger partial charge on any atom is 0.250 e. The topological polar surface area (TPSA) is 69.6 Å². The zero-order valence-electron chi connectivity index (χ0n) is 9.12. The van der Waals surface area contributed by atoms with Crippen LogP contribution < -0.4 is 5.73 Å². The number of halogens is 1. The third-order valence-electron chi connectivity index (χ3n) is 2.31. The minimum absolute atomic E-state index is 0.506. The fraction of sp³-hybridized carbons (Fsp3) is 0. The van der Waals surface area contributed by atoms with Crippen molar-refractivity contribution in [1.29, 1.82) is 0 Å². The van der Waals surface area contributed by atoms with E-state index in [2.05, 4.69) is 31.0 Å². The lowest BCUT2D eigenvalue weighted by Crippen LogP contribution is -2.00. The molecule has 0 atom stereocenters. The van der Waals surface area contributed by atoms with Crippen LogP contribution in [0.5, 0.6) is 0 Å². The van der Waals surface area contributed by atoms with Gasteiger partial charge in [0, 0.05) is 12.4 Å². The highest BCUT2D eigenvalue weighted by molar-refractivity contribution is 9.11. The molecule has 0 aliphatic rings. The Morgan fingerprint density at radius 3 is 2.67 bits per heavy atom. The van der Waals surface area contributed by atoms with E-state index in [0.717, 1.165) is 14.4 Å². The molecule has 0 radical (unpaired) electrons. The van der Waals surface area contributed by atoms with E-state index in [-0.39, 0.29) is 0 Å². The number of anilines is 1. The quantitative estimate of drug-likeness (QED) is 0.787. The summed E-state index contributed by atoms with van der Waals surface area (Å²) in [4.78, 5) is 9.27. The molecule has 0 bridgehead atoms. The van der Waals surface area contributed by atoms with Crippen LogP contribution in [0.25, 0.3) is 16.5 Å². The Hall–Kier alpha value is -1.73. The van der Waals surface area contributed by atoms with Crippen LogP contribution in [-0.4, -0.2) is 19.7 Å². The van der Waals surface area contributed by atoms with Gasteiger partial charge in [-0.25, -0.2) is 14.6 Å². The first-order valence-electron chi connectivity index (χ1n) is 5.12. The Balaban J connectivity index is 2.06. The predicted molar refractivity (Wildman–Crippen MR) is 74.6 cm³/mol. The van der Waals surface area contributed by atoms with Gasteiger partial charge in [-0.15, -0.1) is 11.3 Å². The lowest BCUT2D eigenvalue weighted by atomic mass is 10.3. The molecule has 0 amide bonds. The summed E-state index contributed by atoms with van der Waals surface area (Å²) in [6.07, 6.45) is 5.06. The fourth-order valence-electron chi connectivity index (χ4n) is 1.53. The lowest BCUT2D eigenvalue weighted by molar-refractivity contribution is 0.811. The van der Waals surface area contributed by atoms with Gasteiger partial charge in [0.25, 0.3) is 5.95 Å². The van der Waals surface area contributed by atoms with Crippen molar-refractivity contribution in [3.05, 3.63) is 40.6 Å². The van der Waals surface area contributed by atoms with E-state index in [4.69, 9.17) is 5.73 Å². The first-order chi connectivity index (χ1) is 8.74. The smallest absolute Gasteiger partial charge is 0.250 e. The number of nitrogens with zero attached hydrogens (tertiary/aromatic N) is 4. The van der Waals surface area contributed by atoms with Gasteiger partial charge in [0.1, 0.15) is 5.69 Å². The van der Waals surface area contributed by atoms with Crippen molar-refractivity contribution < 1.29 is 0 Å². The van der Waals surface area contributed by atoms with Crippen molar-refractivity contribution in [1.82, 2.24) is 19.7 Å². The molecular formula is C11H8BrN5S. The SMILES string of the molecule is Nc1cn(-c2ncccn2)nc1-c1ccc(Br)s1. The van der Waals surface area contributed by atoms with Crippen LogP contribution in [0, 0.1) is 0 Å². The van der Waals surface area contributed by atoms with Crippen molar-refractivity contribution in [3.63, 3.8) is 0 Å². The van der Waals surface area contributed by atoms with Gasteiger partial charge in [-0.2, -0.15) is 5.10 Å². The van der Waals surface area contributed by atoms with E-state index >= 15 is 0 Å². The summed E-state index contributed by atoms with van der Waals surface area (Å²) in [5, 5.41) is 4.42. The number of aromatic nitrogens is 4. The van der Waals surface area contributed by atoms with E-state index in [9.17, 15) is 0 Å². The molecule has 0 saturated heterocycles. The van der Waals surface area contributed by atoms with Gasteiger partial charge < -0.3 is 5.73 Å². The molecule has 0 saturated carbocycles. The second kappa shape index (κ2) is 4.51. The van der Waals surface area contributed by atoms with Gasteiger partial charge in [-0.3, -0.25) is 0 Å². The molecule has 3 heterocycles. The molecule has 90 valence electrons. The van der Waals surface area contributed by atoms with Crippen molar-refractivity contribution in [2.75, 3.05) is 5.73 Å². The second-order valence-corrected chi connectivity index (χ2v) is 5.99. The van der Waals surface area contributed by atoms with E-state index in [1.165, 1.54) is 0 Å². The maximum atomic E-state index is 5.97. The van der Waals surface area contributed by atoms with Gasteiger partial charge in [0.05, 0.1) is 20.5 Å². The van der Waals surface area contributed by atoms with Gasteiger partial charge >= 0.3 is 0 Å². The normalized spacial score (nSPS) is 10.7. The summed E-state index contributed by atoms with van der Waals surface area (Å²) >= 11 is 5.01. The van der Waals surface area contributed by atoms with Crippen LogP contribution in [-0.2, 0) is 0 Å². The van der Waals surface area contributed by atoms with E-state index in [0.29, 0.717) is 11.6 Å².